The lowest BCUT2D eigenvalue weighted by atomic mass is 10.4. The van der Waals surface area contributed by atoms with Gasteiger partial charge in [-0.3, -0.25) is 0 Å². The molecule has 0 aliphatic rings. The number of hydrogen-bond donors (Lipinski definition) is 2. The molecule has 0 aromatic carbocycles. The SMILES string of the molecule is CC(O)Cn1[nH]nnc1=S. The van der Waals surface area contributed by atoms with Crippen LogP contribution in [0.15, 0.2) is 0 Å². The van der Waals surface area contributed by atoms with Gasteiger partial charge in [-0.05, 0) is 19.1 Å². The summed E-state index contributed by atoms with van der Waals surface area (Å²) in [5.41, 5.74) is 0. The van der Waals surface area contributed by atoms with Gasteiger partial charge in [0.15, 0.2) is 0 Å². The molecule has 10 heavy (non-hydrogen) atoms. The summed E-state index contributed by atoms with van der Waals surface area (Å²) in [6, 6.07) is 0. The largest absolute Gasteiger partial charge is 0.391 e. The number of hydrogen-bond acceptors (Lipinski definition) is 4. The normalized spacial score (nSPS) is 13.4. The van der Waals surface area contributed by atoms with Crippen LogP contribution in [0.25, 0.3) is 0 Å². The summed E-state index contributed by atoms with van der Waals surface area (Å²) in [5.74, 6) is 0. The van der Waals surface area contributed by atoms with Gasteiger partial charge >= 0.3 is 0 Å². The zero-order valence-corrected chi connectivity index (χ0v) is 6.30. The topological polar surface area (TPSA) is 66.7 Å². The third kappa shape index (κ3) is 1.61. The Labute approximate surface area is 62.7 Å². The second-order valence-corrected chi connectivity index (χ2v) is 2.41. The summed E-state index contributed by atoms with van der Waals surface area (Å²) in [6.45, 7) is 2.08. The molecule has 1 unspecified atom stereocenters. The van der Waals surface area contributed by atoms with Crippen molar-refractivity contribution < 1.29 is 5.11 Å². The van der Waals surface area contributed by atoms with E-state index < -0.39 is 6.10 Å². The predicted molar refractivity (Wildman–Crippen MR) is 36.9 cm³/mol. The first kappa shape index (κ1) is 7.36. The van der Waals surface area contributed by atoms with E-state index in [1.165, 1.54) is 4.68 Å². The van der Waals surface area contributed by atoms with Gasteiger partial charge in [0.1, 0.15) is 0 Å². The number of tetrazole rings is 1. The Hall–Kier alpha value is -0.750. The van der Waals surface area contributed by atoms with Gasteiger partial charge in [0, 0.05) is 0 Å². The molecule has 0 spiro atoms. The first-order chi connectivity index (χ1) is 4.70. The monoisotopic (exact) mass is 160 g/mol. The minimum atomic E-state index is -0.436. The number of aromatic amines is 1. The van der Waals surface area contributed by atoms with Crippen LogP contribution in [0.1, 0.15) is 6.92 Å². The maximum Gasteiger partial charge on any atom is 0.238 e. The van der Waals surface area contributed by atoms with Crippen molar-refractivity contribution in [2.75, 3.05) is 0 Å². The Morgan fingerprint density at radius 3 is 3.00 bits per heavy atom. The molecule has 1 atom stereocenters. The van der Waals surface area contributed by atoms with Crippen molar-refractivity contribution in [2.24, 2.45) is 0 Å². The smallest absolute Gasteiger partial charge is 0.238 e. The molecule has 0 aliphatic heterocycles. The Morgan fingerprint density at radius 1 is 1.90 bits per heavy atom. The van der Waals surface area contributed by atoms with E-state index in [0.29, 0.717) is 11.3 Å². The Kier molecular flexibility index (Phi) is 2.13. The number of H-pyrrole nitrogens is 1. The third-order valence-electron chi connectivity index (χ3n) is 0.979. The molecule has 1 aromatic rings. The van der Waals surface area contributed by atoms with Gasteiger partial charge in [0.25, 0.3) is 0 Å². The highest BCUT2D eigenvalue weighted by Gasteiger charge is 1.98. The lowest BCUT2D eigenvalue weighted by Crippen LogP contribution is -2.12. The average molecular weight is 160 g/mol. The fourth-order valence-corrected chi connectivity index (χ4v) is 0.755. The average Bonchev–Trinajstić information content (AvgIpc) is 2.15. The fourth-order valence-electron chi connectivity index (χ4n) is 0.599. The van der Waals surface area contributed by atoms with E-state index in [4.69, 9.17) is 17.3 Å². The Balaban J connectivity index is 2.75. The van der Waals surface area contributed by atoms with Crippen molar-refractivity contribution in [1.29, 1.82) is 0 Å². The van der Waals surface area contributed by atoms with E-state index in [9.17, 15) is 0 Å². The lowest BCUT2D eigenvalue weighted by Gasteiger charge is -2.01. The minimum absolute atomic E-state index is 0.362. The summed E-state index contributed by atoms with van der Waals surface area (Å²) in [5, 5.41) is 18.4. The highest BCUT2D eigenvalue weighted by molar-refractivity contribution is 7.71. The van der Waals surface area contributed by atoms with E-state index in [1.54, 1.807) is 6.92 Å². The standard InChI is InChI=1S/C4H8N4OS/c1-3(9)2-8-4(10)5-6-7-8/h3,9H,2H2,1H3,(H,5,7,10). The van der Waals surface area contributed by atoms with Crippen LogP contribution in [0.2, 0.25) is 0 Å². The van der Waals surface area contributed by atoms with Gasteiger partial charge in [-0.25, -0.2) is 4.68 Å². The molecule has 56 valence electrons. The van der Waals surface area contributed by atoms with E-state index in [2.05, 4.69) is 15.5 Å². The minimum Gasteiger partial charge on any atom is -0.391 e. The molecule has 0 fully saturated rings. The first-order valence-corrected chi connectivity index (χ1v) is 3.27. The number of aliphatic hydroxyl groups excluding tert-OH is 1. The van der Waals surface area contributed by atoms with Crippen LogP contribution in [-0.4, -0.2) is 31.4 Å². The van der Waals surface area contributed by atoms with Gasteiger partial charge in [-0.15, -0.1) is 0 Å². The molecule has 5 nitrogen and oxygen atoms in total. The number of aliphatic hydroxyl groups is 1. The second-order valence-electron chi connectivity index (χ2n) is 2.04. The van der Waals surface area contributed by atoms with Gasteiger partial charge in [-0.2, -0.15) is 5.21 Å². The summed E-state index contributed by atoms with van der Waals surface area (Å²) in [4.78, 5) is 0. The first-order valence-electron chi connectivity index (χ1n) is 2.86. The molecule has 1 aromatic heterocycles. The van der Waals surface area contributed by atoms with E-state index in [-0.39, 0.29) is 0 Å². The Morgan fingerprint density at radius 2 is 2.60 bits per heavy atom. The highest BCUT2D eigenvalue weighted by Crippen LogP contribution is 1.87. The van der Waals surface area contributed by atoms with Crippen molar-refractivity contribution in [1.82, 2.24) is 20.2 Å². The van der Waals surface area contributed by atoms with Crippen LogP contribution in [0.5, 0.6) is 0 Å². The molecular weight excluding hydrogens is 152 g/mol. The maximum absolute atomic E-state index is 8.91. The Bertz CT molecular complexity index is 252. The van der Waals surface area contributed by atoms with Gasteiger partial charge < -0.3 is 5.11 Å². The predicted octanol–water partition coefficient (Wildman–Crippen LogP) is -0.284. The maximum atomic E-state index is 8.91. The lowest BCUT2D eigenvalue weighted by molar-refractivity contribution is 0.167. The fraction of sp³-hybridized carbons (Fsp3) is 0.750. The van der Waals surface area contributed by atoms with Crippen LogP contribution in [0.3, 0.4) is 0 Å². The van der Waals surface area contributed by atoms with Crippen LogP contribution in [-0.2, 0) is 6.54 Å². The van der Waals surface area contributed by atoms with E-state index in [0.717, 1.165) is 0 Å². The molecule has 0 saturated carbocycles. The molecule has 6 heteroatoms. The second kappa shape index (κ2) is 2.89. The van der Waals surface area contributed by atoms with Crippen molar-refractivity contribution in [3.63, 3.8) is 0 Å². The van der Waals surface area contributed by atoms with Crippen LogP contribution >= 0.6 is 12.2 Å². The number of aromatic nitrogens is 4. The molecule has 1 rings (SSSR count). The van der Waals surface area contributed by atoms with Crippen molar-refractivity contribution in [3.8, 4) is 0 Å². The summed E-state index contributed by atoms with van der Waals surface area (Å²) in [6.07, 6.45) is -0.436. The molecule has 0 amide bonds. The van der Waals surface area contributed by atoms with Crippen LogP contribution in [0.4, 0.5) is 0 Å². The molecular formula is C4H8N4OS. The number of nitrogens with one attached hydrogen (secondary N) is 1. The number of nitrogens with zero attached hydrogens (tertiary/aromatic N) is 3. The van der Waals surface area contributed by atoms with Gasteiger partial charge in [0.2, 0.25) is 4.77 Å². The highest BCUT2D eigenvalue weighted by atomic mass is 32.1. The molecule has 0 saturated heterocycles. The third-order valence-corrected chi connectivity index (χ3v) is 1.28. The molecule has 0 aliphatic carbocycles. The quantitative estimate of drug-likeness (QED) is 0.584. The molecule has 1 heterocycles. The zero-order valence-electron chi connectivity index (χ0n) is 5.48. The van der Waals surface area contributed by atoms with Crippen molar-refractivity contribution in [2.45, 2.75) is 19.6 Å². The number of rotatable bonds is 2. The van der Waals surface area contributed by atoms with Crippen molar-refractivity contribution in [3.05, 3.63) is 4.77 Å². The van der Waals surface area contributed by atoms with E-state index in [1.807, 2.05) is 0 Å². The van der Waals surface area contributed by atoms with Crippen LogP contribution < -0.4 is 0 Å². The summed E-state index contributed by atoms with van der Waals surface area (Å²) < 4.78 is 1.86. The summed E-state index contributed by atoms with van der Waals surface area (Å²) >= 11 is 4.75. The van der Waals surface area contributed by atoms with Gasteiger partial charge in [0.05, 0.1) is 12.6 Å². The van der Waals surface area contributed by atoms with Crippen LogP contribution in [0, 0.1) is 4.77 Å². The van der Waals surface area contributed by atoms with E-state index >= 15 is 0 Å². The molecule has 0 bridgehead atoms. The van der Waals surface area contributed by atoms with Gasteiger partial charge in [-0.1, -0.05) is 10.3 Å². The molecule has 2 N–H and O–H groups in total. The van der Waals surface area contributed by atoms with Crippen molar-refractivity contribution >= 4 is 12.2 Å². The summed E-state index contributed by atoms with van der Waals surface area (Å²) in [7, 11) is 0. The molecule has 0 radical (unpaired) electrons. The zero-order chi connectivity index (χ0) is 7.56.